The van der Waals surface area contributed by atoms with Gasteiger partial charge in [-0.1, -0.05) is 18.2 Å². The molecule has 0 radical (unpaired) electrons. The van der Waals surface area contributed by atoms with Crippen LogP contribution in [0.5, 0.6) is 5.75 Å². The Labute approximate surface area is 134 Å². The number of methoxy groups -OCH3 is 1. The first kappa shape index (κ1) is 15.5. The lowest BCUT2D eigenvalue weighted by Crippen LogP contribution is -2.37. The monoisotopic (exact) mass is 316 g/mol. The first-order valence-electron chi connectivity index (χ1n) is 7.62. The molecule has 0 aliphatic carbocycles. The summed E-state index contributed by atoms with van der Waals surface area (Å²) in [7, 11) is 1.65. The minimum Gasteiger partial charge on any atom is -0.492 e. The fourth-order valence-corrected chi connectivity index (χ4v) is 2.60. The van der Waals surface area contributed by atoms with Gasteiger partial charge in [-0.15, -0.1) is 10.2 Å². The summed E-state index contributed by atoms with van der Waals surface area (Å²) < 4.78 is 12.6. The Morgan fingerprint density at radius 3 is 3.22 bits per heavy atom. The first-order chi connectivity index (χ1) is 11.3. The van der Waals surface area contributed by atoms with Crippen molar-refractivity contribution in [2.45, 2.75) is 19.5 Å². The molecule has 2 aromatic rings. The number of rotatable bonds is 6. The highest BCUT2D eigenvalue weighted by atomic mass is 16.5. The van der Waals surface area contributed by atoms with E-state index in [2.05, 4.69) is 15.5 Å². The van der Waals surface area contributed by atoms with Gasteiger partial charge in [0.25, 0.3) is 0 Å². The number of carbonyl (C=O) groups excluding carboxylic acids is 1. The number of benzene rings is 1. The minimum absolute atomic E-state index is 0.0270. The van der Waals surface area contributed by atoms with Crippen molar-refractivity contribution in [2.24, 2.45) is 5.92 Å². The average Bonchev–Trinajstić information content (AvgIpc) is 3.04. The standard InChI is InChI=1S/C16H20N4O3/c1-22-7-6-20-11-18-19-15(20)9-17-16(21)13-8-12-4-2-3-5-14(12)23-10-13/h2-5,11,13H,6-10H2,1H3,(H,17,21)/t13-/m0/s1. The van der Waals surface area contributed by atoms with Crippen LogP contribution < -0.4 is 10.1 Å². The molecule has 0 spiro atoms. The van der Waals surface area contributed by atoms with Gasteiger partial charge in [0, 0.05) is 13.7 Å². The molecular weight excluding hydrogens is 296 g/mol. The van der Waals surface area contributed by atoms with Gasteiger partial charge in [0.2, 0.25) is 5.91 Å². The average molecular weight is 316 g/mol. The van der Waals surface area contributed by atoms with Gasteiger partial charge in [0.05, 0.1) is 19.1 Å². The maximum absolute atomic E-state index is 12.4. The van der Waals surface area contributed by atoms with Crippen LogP contribution in [0.15, 0.2) is 30.6 Å². The summed E-state index contributed by atoms with van der Waals surface area (Å²) >= 11 is 0. The van der Waals surface area contributed by atoms with Gasteiger partial charge in [0.15, 0.2) is 5.82 Å². The summed E-state index contributed by atoms with van der Waals surface area (Å²) in [6.45, 7) is 1.99. The lowest BCUT2D eigenvalue weighted by molar-refractivity contribution is -0.126. The number of hydrogen-bond acceptors (Lipinski definition) is 5. The van der Waals surface area contributed by atoms with E-state index in [1.807, 2.05) is 28.8 Å². The molecule has 2 heterocycles. The lowest BCUT2D eigenvalue weighted by atomic mass is 9.96. The highest BCUT2D eigenvalue weighted by molar-refractivity contribution is 5.79. The minimum atomic E-state index is -0.180. The maximum atomic E-state index is 12.4. The van der Waals surface area contributed by atoms with Gasteiger partial charge < -0.3 is 19.4 Å². The molecule has 0 saturated heterocycles. The van der Waals surface area contributed by atoms with E-state index >= 15 is 0 Å². The normalized spacial score (nSPS) is 16.5. The quantitative estimate of drug-likeness (QED) is 0.852. The summed E-state index contributed by atoms with van der Waals surface area (Å²) in [5.74, 6) is 1.38. The lowest BCUT2D eigenvalue weighted by Gasteiger charge is -2.24. The third-order valence-corrected chi connectivity index (χ3v) is 3.90. The molecule has 1 aliphatic heterocycles. The summed E-state index contributed by atoms with van der Waals surface area (Å²) in [6, 6.07) is 7.82. The molecule has 7 heteroatoms. The number of nitrogens with zero attached hydrogens (tertiary/aromatic N) is 3. The van der Waals surface area contributed by atoms with Crippen LogP contribution in [0.25, 0.3) is 0 Å². The fourth-order valence-electron chi connectivity index (χ4n) is 2.60. The predicted octanol–water partition coefficient (Wildman–Crippen LogP) is 0.792. The molecule has 3 rings (SSSR count). The van der Waals surface area contributed by atoms with Crippen molar-refractivity contribution in [1.29, 1.82) is 0 Å². The number of ether oxygens (including phenoxy) is 2. The van der Waals surface area contributed by atoms with Gasteiger partial charge in [-0.2, -0.15) is 0 Å². The molecule has 1 aromatic carbocycles. The van der Waals surface area contributed by atoms with E-state index in [1.165, 1.54) is 0 Å². The van der Waals surface area contributed by atoms with Crippen LogP contribution in [-0.4, -0.2) is 41.0 Å². The Morgan fingerprint density at radius 1 is 1.48 bits per heavy atom. The van der Waals surface area contributed by atoms with Gasteiger partial charge in [-0.3, -0.25) is 4.79 Å². The van der Waals surface area contributed by atoms with E-state index in [-0.39, 0.29) is 11.8 Å². The summed E-state index contributed by atoms with van der Waals surface area (Å²) in [5, 5.41) is 10.8. The van der Waals surface area contributed by atoms with Crippen LogP contribution in [0.4, 0.5) is 0 Å². The van der Waals surface area contributed by atoms with Crippen molar-refractivity contribution in [1.82, 2.24) is 20.1 Å². The number of amides is 1. The number of nitrogens with one attached hydrogen (secondary N) is 1. The van der Waals surface area contributed by atoms with Crippen LogP contribution in [-0.2, 0) is 29.0 Å². The van der Waals surface area contributed by atoms with Crippen LogP contribution >= 0.6 is 0 Å². The molecule has 0 unspecified atom stereocenters. The Kier molecular flexibility index (Phi) is 4.87. The Balaban J connectivity index is 1.55. The Hall–Kier alpha value is -2.41. The second-order valence-electron chi connectivity index (χ2n) is 5.47. The number of aromatic nitrogens is 3. The van der Waals surface area contributed by atoms with Gasteiger partial charge in [-0.05, 0) is 18.1 Å². The fraction of sp³-hybridized carbons (Fsp3) is 0.438. The second-order valence-corrected chi connectivity index (χ2v) is 5.47. The zero-order chi connectivity index (χ0) is 16.1. The van der Waals surface area contributed by atoms with E-state index in [0.29, 0.717) is 38.5 Å². The highest BCUT2D eigenvalue weighted by Crippen LogP contribution is 2.26. The predicted molar refractivity (Wildman–Crippen MR) is 82.9 cm³/mol. The van der Waals surface area contributed by atoms with Crippen molar-refractivity contribution >= 4 is 5.91 Å². The van der Waals surface area contributed by atoms with E-state index in [4.69, 9.17) is 9.47 Å². The number of carbonyl (C=O) groups is 1. The van der Waals surface area contributed by atoms with E-state index in [0.717, 1.165) is 11.3 Å². The summed E-state index contributed by atoms with van der Waals surface area (Å²) in [5.41, 5.74) is 1.07. The van der Waals surface area contributed by atoms with E-state index in [1.54, 1.807) is 13.4 Å². The molecule has 7 nitrogen and oxygen atoms in total. The molecule has 122 valence electrons. The van der Waals surface area contributed by atoms with Crippen LogP contribution in [0.2, 0.25) is 0 Å². The van der Waals surface area contributed by atoms with E-state index < -0.39 is 0 Å². The first-order valence-corrected chi connectivity index (χ1v) is 7.62. The number of para-hydroxylation sites is 1. The third kappa shape index (κ3) is 3.68. The van der Waals surface area contributed by atoms with Gasteiger partial charge in [-0.25, -0.2) is 0 Å². The molecule has 0 saturated carbocycles. The van der Waals surface area contributed by atoms with Crippen molar-refractivity contribution in [3.05, 3.63) is 42.0 Å². The summed E-state index contributed by atoms with van der Waals surface area (Å²) in [4.78, 5) is 12.4. The number of fused-ring (bicyclic) bond motifs is 1. The second kappa shape index (κ2) is 7.23. The van der Waals surface area contributed by atoms with Crippen molar-refractivity contribution < 1.29 is 14.3 Å². The highest BCUT2D eigenvalue weighted by Gasteiger charge is 2.25. The van der Waals surface area contributed by atoms with Crippen LogP contribution in [0, 0.1) is 5.92 Å². The van der Waals surface area contributed by atoms with Crippen molar-refractivity contribution in [3.8, 4) is 5.75 Å². The Bertz CT molecular complexity index is 671. The molecule has 0 fully saturated rings. The molecule has 1 aromatic heterocycles. The molecule has 1 atom stereocenters. The SMILES string of the molecule is COCCn1cnnc1CNC(=O)[C@@H]1COc2ccccc2C1. The Morgan fingerprint density at radius 2 is 2.35 bits per heavy atom. The third-order valence-electron chi connectivity index (χ3n) is 3.90. The molecule has 1 amide bonds. The largest absolute Gasteiger partial charge is 0.492 e. The van der Waals surface area contributed by atoms with Gasteiger partial charge in [0.1, 0.15) is 18.7 Å². The van der Waals surface area contributed by atoms with Crippen LogP contribution in [0.3, 0.4) is 0 Å². The smallest absolute Gasteiger partial charge is 0.227 e. The van der Waals surface area contributed by atoms with Gasteiger partial charge >= 0.3 is 0 Å². The molecule has 1 aliphatic rings. The molecule has 1 N–H and O–H groups in total. The molecule has 0 bridgehead atoms. The molecule has 23 heavy (non-hydrogen) atoms. The van der Waals surface area contributed by atoms with Crippen molar-refractivity contribution in [2.75, 3.05) is 20.3 Å². The maximum Gasteiger partial charge on any atom is 0.227 e. The zero-order valence-corrected chi connectivity index (χ0v) is 13.1. The molecular formula is C16H20N4O3. The van der Waals surface area contributed by atoms with Crippen molar-refractivity contribution in [3.63, 3.8) is 0 Å². The van der Waals surface area contributed by atoms with E-state index in [9.17, 15) is 4.79 Å². The topological polar surface area (TPSA) is 78.3 Å². The summed E-state index contributed by atoms with van der Waals surface area (Å²) in [6.07, 6.45) is 2.33. The number of hydrogen-bond donors (Lipinski definition) is 1. The van der Waals surface area contributed by atoms with Crippen LogP contribution in [0.1, 0.15) is 11.4 Å². The zero-order valence-electron chi connectivity index (χ0n) is 13.1.